The van der Waals surface area contributed by atoms with Gasteiger partial charge in [-0.1, -0.05) is 17.7 Å². The van der Waals surface area contributed by atoms with E-state index in [0.29, 0.717) is 33.1 Å². The van der Waals surface area contributed by atoms with Gasteiger partial charge in [0, 0.05) is 29.0 Å². The van der Waals surface area contributed by atoms with Crippen LogP contribution in [0.2, 0.25) is 5.02 Å². The van der Waals surface area contributed by atoms with Crippen LogP contribution in [-0.2, 0) is 0 Å². The van der Waals surface area contributed by atoms with E-state index in [1.807, 2.05) is 32.0 Å². The van der Waals surface area contributed by atoms with Gasteiger partial charge in [-0.05, 0) is 65.9 Å². The van der Waals surface area contributed by atoms with E-state index in [4.69, 9.17) is 11.6 Å². The Hall–Kier alpha value is -3.91. The minimum atomic E-state index is -0.666. The first kappa shape index (κ1) is 21.9. The molecule has 5 aromatic rings. The summed E-state index contributed by atoms with van der Waals surface area (Å²) in [6.45, 7) is 3.80. The van der Waals surface area contributed by atoms with Crippen molar-refractivity contribution in [2.75, 3.05) is 5.32 Å². The summed E-state index contributed by atoms with van der Waals surface area (Å²) in [5, 5.41) is 3.88. The first-order valence-electron chi connectivity index (χ1n) is 10.5. The van der Waals surface area contributed by atoms with Gasteiger partial charge in [0.2, 0.25) is 0 Å². The smallest absolute Gasteiger partial charge is 0.162 e. The molecule has 0 saturated carbocycles. The highest BCUT2D eigenvalue weighted by Gasteiger charge is 2.23. The average Bonchev–Trinajstić information content (AvgIpc) is 3.30. The van der Waals surface area contributed by atoms with Crippen LogP contribution in [0.4, 0.5) is 14.6 Å². The number of fused-ring (bicyclic) bond motifs is 1. The molecule has 9 heteroatoms. The third kappa shape index (κ3) is 3.97. The number of aromatic nitrogens is 5. The Morgan fingerprint density at radius 3 is 2.53 bits per heavy atom. The summed E-state index contributed by atoms with van der Waals surface area (Å²) >= 11 is 6.68. The molecule has 0 spiro atoms. The Morgan fingerprint density at radius 2 is 1.79 bits per heavy atom. The number of hydrogen-bond donors (Lipinski definition) is 2. The Bertz CT molecular complexity index is 1480. The molecule has 0 amide bonds. The van der Waals surface area contributed by atoms with Crippen molar-refractivity contribution < 1.29 is 8.78 Å². The minimum absolute atomic E-state index is 0.357. The third-order valence-electron chi connectivity index (χ3n) is 5.69. The van der Waals surface area contributed by atoms with Crippen molar-refractivity contribution >= 4 is 28.6 Å². The van der Waals surface area contributed by atoms with Crippen molar-refractivity contribution in [3.63, 3.8) is 0 Å². The zero-order valence-electron chi connectivity index (χ0n) is 18.3. The Labute approximate surface area is 199 Å². The second kappa shape index (κ2) is 8.79. The first-order chi connectivity index (χ1) is 16.4. The summed E-state index contributed by atoms with van der Waals surface area (Å²) in [6.07, 6.45) is 6.35. The highest BCUT2D eigenvalue weighted by Crippen LogP contribution is 2.43. The normalized spacial score (nSPS) is 12.1. The third-order valence-corrected chi connectivity index (χ3v) is 6.09. The number of rotatable bonds is 5. The summed E-state index contributed by atoms with van der Waals surface area (Å²) in [4.78, 5) is 20.0. The van der Waals surface area contributed by atoms with Crippen LogP contribution in [0.15, 0.2) is 61.4 Å². The number of H-pyrrole nitrogens is 1. The Balaban J connectivity index is 1.75. The SMILES string of the molecule is Cc1c(Cl)cc(C(C)Nc2ncnc3[nH]cnc23)c(-c2cc(F)cc(F)c2)c1-c1cccnc1. The fraction of sp³-hybridized carbons (Fsp3) is 0.120. The van der Waals surface area contributed by atoms with Crippen molar-refractivity contribution in [1.29, 1.82) is 0 Å². The number of halogens is 3. The van der Waals surface area contributed by atoms with Crippen molar-refractivity contribution in [2.45, 2.75) is 19.9 Å². The highest BCUT2D eigenvalue weighted by atomic mass is 35.5. The molecule has 6 nitrogen and oxygen atoms in total. The van der Waals surface area contributed by atoms with Crippen LogP contribution in [0.1, 0.15) is 24.1 Å². The van der Waals surface area contributed by atoms with Crippen LogP contribution in [0.5, 0.6) is 0 Å². The summed E-state index contributed by atoms with van der Waals surface area (Å²) in [7, 11) is 0. The zero-order chi connectivity index (χ0) is 23.8. The van der Waals surface area contributed by atoms with E-state index in [2.05, 4.69) is 30.2 Å². The van der Waals surface area contributed by atoms with Gasteiger partial charge in [0.25, 0.3) is 0 Å². The lowest BCUT2D eigenvalue weighted by Crippen LogP contribution is -2.11. The number of pyridine rings is 1. The molecule has 1 atom stereocenters. The Morgan fingerprint density at radius 1 is 1.00 bits per heavy atom. The molecule has 0 fully saturated rings. The highest BCUT2D eigenvalue weighted by molar-refractivity contribution is 6.32. The van der Waals surface area contributed by atoms with Gasteiger partial charge >= 0.3 is 0 Å². The number of aromatic amines is 1. The van der Waals surface area contributed by atoms with Gasteiger partial charge in [-0.25, -0.2) is 23.7 Å². The van der Waals surface area contributed by atoms with Crippen molar-refractivity contribution in [1.82, 2.24) is 24.9 Å². The van der Waals surface area contributed by atoms with E-state index in [1.54, 1.807) is 18.7 Å². The molecule has 3 aromatic heterocycles. The summed E-state index contributed by atoms with van der Waals surface area (Å²) in [5.74, 6) is -0.810. The molecule has 0 bridgehead atoms. The van der Waals surface area contributed by atoms with Gasteiger partial charge in [-0.3, -0.25) is 4.98 Å². The average molecular weight is 477 g/mol. The number of nitrogens with one attached hydrogen (secondary N) is 2. The van der Waals surface area contributed by atoms with Crippen molar-refractivity contribution in [3.05, 3.63) is 89.2 Å². The van der Waals surface area contributed by atoms with Crippen LogP contribution >= 0.6 is 11.6 Å². The quantitative estimate of drug-likeness (QED) is 0.303. The number of benzene rings is 2. The van der Waals surface area contributed by atoms with Crippen LogP contribution in [-0.4, -0.2) is 24.9 Å². The lowest BCUT2D eigenvalue weighted by Gasteiger charge is -2.24. The molecule has 0 radical (unpaired) electrons. The van der Waals surface area contributed by atoms with Crippen LogP contribution < -0.4 is 5.32 Å². The predicted molar refractivity (Wildman–Crippen MR) is 128 cm³/mol. The Kier molecular flexibility index (Phi) is 5.67. The van der Waals surface area contributed by atoms with E-state index in [1.165, 1.54) is 18.5 Å². The fourth-order valence-corrected chi connectivity index (χ4v) is 4.36. The summed E-state index contributed by atoms with van der Waals surface area (Å²) in [5.41, 5.74) is 5.28. The van der Waals surface area contributed by atoms with Gasteiger partial charge in [-0.15, -0.1) is 0 Å². The standard InChI is InChI=1S/C25H19ClF2N6/c1-13-20(26)9-19(14(2)34-25-23-24(31-11-30-23)32-12-33-25)22(16-6-17(27)8-18(28)7-16)21(13)15-4-3-5-29-10-15/h3-12,14H,1-2H3,(H2,30,31,32,33,34). The van der Waals surface area contributed by atoms with Crippen molar-refractivity contribution in [2.24, 2.45) is 0 Å². The van der Waals surface area contributed by atoms with E-state index >= 15 is 0 Å². The minimum Gasteiger partial charge on any atom is -0.362 e. The van der Waals surface area contributed by atoms with Crippen LogP contribution in [0, 0.1) is 18.6 Å². The maximum absolute atomic E-state index is 14.3. The van der Waals surface area contributed by atoms with E-state index < -0.39 is 11.6 Å². The molecule has 34 heavy (non-hydrogen) atoms. The molecule has 170 valence electrons. The molecule has 1 unspecified atom stereocenters. The summed E-state index contributed by atoms with van der Waals surface area (Å²) in [6, 6.07) is 8.65. The van der Waals surface area contributed by atoms with Gasteiger partial charge in [0.05, 0.1) is 12.4 Å². The van der Waals surface area contributed by atoms with E-state index in [-0.39, 0.29) is 6.04 Å². The van der Waals surface area contributed by atoms with Crippen LogP contribution in [0.25, 0.3) is 33.4 Å². The predicted octanol–water partition coefficient (Wildman–Crippen LogP) is 6.50. The molecule has 2 aromatic carbocycles. The molecule has 5 rings (SSSR count). The van der Waals surface area contributed by atoms with Gasteiger partial charge in [-0.2, -0.15) is 0 Å². The zero-order valence-corrected chi connectivity index (χ0v) is 19.0. The molecule has 0 aliphatic carbocycles. The van der Waals surface area contributed by atoms with Crippen molar-refractivity contribution in [3.8, 4) is 22.3 Å². The molecular formula is C25H19ClF2N6. The molecule has 2 N–H and O–H groups in total. The van der Waals surface area contributed by atoms with E-state index in [9.17, 15) is 8.78 Å². The molecule has 3 heterocycles. The number of hydrogen-bond acceptors (Lipinski definition) is 5. The summed E-state index contributed by atoms with van der Waals surface area (Å²) < 4.78 is 28.6. The number of anilines is 1. The van der Waals surface area contributed by atoms with Gasteiger partial charge in [0.15, 0.2) is 11.5 Å². The van der Waals surface area contributed by atoms with Gasteiger partial charge < -0.3 is 10.3 Å². The maximum Gasteiger partial charge on any atom is 0.162 e. The topological polar surface area (TPSA) is 79.4 Å². The first-order valence-corrected chi connectivity index (χ1v) is 10.9. The molecule has 0 aliphatic rings. The van der Waals surface area contributed by atoms with E-state index in [0.717, 1.165) is 28.3 Å². The molecule has 0 saturated heterocycles. The second-order valence-corrected chi connectivity index (χ2v) is 8.32. The number of imidazole rings is 1. The lowest BCUT2D eigenvalue weighted by atomic mass is 9.85. The molecular weight excluding hydrogens is 458 g/mol. The number of nitrogens with zero attached hydrogens (tertiary/aromatic N) is 4. The van der Waals surface area contributed by atoms with Crippen LogP contribution in [0.3, 0.4) is 0 Å². The second-order valence-electron chi connectivity index (χ2n) is 7.91. The fourth-order valence-electron chi connectivity index (χ4n) is 4.14. The lowest BCUT2D eigenvalue weighted by molar-refractivity contribution is 0.584. The molecule has 0 aliphatic heterocycles. The largest absolute Gasteiger partial charge is 0.362 e. The maximum atomic E-state index is 14.3. The monoisotopic (exact) mass is 476 g/mol. The van der Waals surface area contributed by atoms with Gasteiger partial charge in [0.1, 0.15) is 23.5 Å².